The van der Waals surface area contributed by atoms with Crippen molar-refractivity contribution in [2.75, 3.05) is 0 Å². The number of allylic oxidation sites excluding steroid dienone is 1. The van der Waals surface area contributed by atoms with Crippen LogP contribution in [0.25, 0.3) is 6.08 Å². The number of carbonyl (C=O) groups excluding carboxylic acids is 1. The standard InChI is InChI=1S/C18H10Cl3F6NO/c19-13-6-9(7-14(20)15(13)21)11(17(22,23)24)4-2-8-1-3-10(16(28)29)12(5-8)18(25,26)27/h1-7,11H,(H2,28,29)/b4-2+. The van der Waals surface area contributed by atoms with Gasteiger partial charge in [-0.05, 0) is 35.4 Å². The second-order valence-electron chi connectivity index (χ2n) is 5.84. The van der Waals surface area contributed by atoms with Gasteiger partial charge in [0, 0.05) is 0 Å². The van der Waals surface area contributed by atoms with Gasteiger partial charge in [-0.1, -0.05) is 53.0 Å². The smallest absolute Gasteiger partial charge is 0.366 e. The van der Waals surface area contributed by atoms with Gasteiger partial charge >= 0.3 is 12.4 Å². The first kappa shape index (κ1) is 23.4. The Hall–Kier alpha value is -1.90. The molecule has 0 bridgehead atoms. The maximum Gasteiger partial charge on any atom is 0.417 e. The quantitative estimate of drug-likeness (QED) is 0.370. The molecule has 2 aromatic rings. The molecule has 156 valence electrons. The van der Waals surface area contributed by atoms with Gasteiger partial charge in [-0.3, -0.25) is 4.79 Å². The van der Waals surface area contributed by atoms with Crippen LogP contribution in [0.5, 0.6) is 0 Å². The first-order valence-electron chi connectivity index (χ1n) is 7.62. The van der Waals surface area contributed by atoms with Crippen LogP contribution in [-0.2, 0) is 6.18 Å². The number of benzene rings is 2. The average Bonchev–Trinajstić information content (AvgIpc) is 2.57. The molecule has 2 rings (SSSR count). The third kappa shape index (κ3) is 5.58. The summed E-state index contributed by atoms with van der Waals surface area (Å²) in [7, 11) is 0. The summed E-state index contributed by atoms with van der Waals surface area (Å²) in [5.74, 6) is -3.54. The molecule has 11 heteroatoms. The maximum absolute atomic E-state index is 13.5. The number of hydrogen-bond acceptors (Lipinski definition) is 1. The summed E-state index contributed by atoms with van der Waals surface area (Å²) >= 11 is 17.3. The van der Waals surface area contributed by atoms with Crippen LogP contribution in [-0.4, -0.2) is 12.1 Å². The Labute approximate surface area is 175 Å². The van der Waals surface area contributed by atoms with E-state index in [2.05, 4.69) is 0 Å². The first-order chi connectivity index (χ1) is 13.2. The van der Waals surface area contributed by atoms with Crippen molar-refractivity contribution in [3.63, 3.8) is 0 Å². The van der Waals surface area contributed by atoms with Gasteiger partial charge in [-0.15, -0.1) is 0 Å². The molecular weight excluding hydrogens is 467 g/mol. The van der Waals surface area contributed by atoms with Gasteiger partial charge in [0.25, 0.3) is 0 Å². The molecule has 0 aliphatic carbocycles. The van der Waals surface area contributed by atoms with Gasteiger partial charge in [0.1, 0.15) is 0 Å². The Morgan fingerprint density at radius 1 is 0.966 bits per heavy atom. The molecular formula is C18H10Cl3F6NO. The third-order valence-electron chi connectivity index (χ3n) is 3.81. The van der Waals surface area contributed by atoms with E-state index in [9.17, 15) is 31.1 Å². The third-order valence-corrected chi connectivity index (χ3v) is 5.01. The van der Waals surface area contributed by atoms with Crippen molar-refractivity contribution in [2.45, 2.75) is 18.3 Å². The van der Waals surface area contributed by atoms with Crippen LogP contribution in [0.4, 0.5) is 26.3 Å². The molecule has 0 fully saturated rings. The van der Waals surface area contributed by atoms with Crippen LogP contribution < -0.4 is 5.73 Å². The summed E-state index contributed by atoms with van der Waals surface area (Å²) in [4.78, 5) is 11.2. The molecule has 0 heterocycles. The molecule has 0 radical (unpaired) electrons. The molecule has 1 unspecified atom stereocenters. The highest BCUT2D eigenvalue weighted by atomic mass is 35.5. The highest BCUT2D eigenvalue weighted by Crippen LogP contribution is 2.41. The van der Waals surface area contributed by atoms with E-state index in [1.165, 1.54) is 0 Å². The van der Waals surface area contributed by atoms with Gasteiger partial charge in [-0.2, -0.15) is 26.3 Å². The van der Waals surface area contributed by atoms with Gasteiger partial charge in [-0.25, -0.2) is 0 Å². The number of alkyl halides is 6. The highest BCUT2D eigenvalue weighted by molar-refractivity contribution is 6.48. The predicted molar refractivity (Wildman–Crippen MR) is 99.3 cm³/mol. The second kappa shape index (κ2) is 8.45. The number of halogens is 9. The van der Waals surface area contributed by atoms with E-state index in [0.29, 0.717) is 12.1 Å². The van der Waals surface area contributed by atoms with Crippen molar-refractivity contribution in [1.29, 1.82) is 0 Å². The molecule has 0 aromatic heterocycles. The van der Waals surface area contributed by atoms with E-state index in [-0.39, 0.29) is 26.2 Å². The number of primary amides is 1. The fourth-order valence-electron chi connectivity index (χ4n) is 2.49. The minimum absolute atomic E-state index is 0.126. The highest BCUT2D eigenvalue weighted by Gasteiger charge is 2.39. The van der Waals surface area contributed by atoms with Crippen molar-refractivity contribution in [3.05, 3.63) is 73.7 Å². The van der Waals surface area contributed by atoms with Crippen LogP contribution in [0.3, 0.4) is 0 Å². The molecule has 0 aliphatic rings. The van der Waals surface area contributed by atoms with Gasteiger partial charge < -0.3 is 5.73 Å². The van der Waals surface area contributed by atoms with Crippen molar-refractivity contribution in [2.24, 2.45) is 5.73 Å². The van der Waals surface area contributed by atoms with E-state index in [4.69, 9.17) is 40.5 Å². The lowest BCUT2D eigenvalue weighted by Crippen LogP contribution is -2.19. The van der Waals surface area contributed by atoms with Crippen LogP contribution in [0.1, 0.15) is 33.0 Å². The predicted octanol–water partition coefficient (Wildman–Crippen LogP) is 7.12. The summed E-state index contributed by atoms with van der Waals surface area (Å²) in [6.07, 6.45) is -8.23. The number of amides is 1. The minimum Gasteiger partial charge on any atom is -0.366 e. The number of nitrogens with two attached hydrogens (primary N) is 1. The molecule has 1 amide bonds. The Balaban J connectivity index is 2.52. The Kier molecular flexibility index (Phi) is 6.82. The molecule has 0 saturated heterocycles. The Morgan fingerprint density at radius 2 is 1.52 bits per heavy atom. The Bertz CT molecular complexity index is 946. The van der Waals surface area contributed by atoms with Gasteiger partial charge in [0.05, 0.1) is 32.1 Å². The molecule has 1 atom stereocenters. The second-order valence-corrected chi connectivity index (χ2v) is 7.04. The van der Waals surface area contributed by atoms with Crippen LogP contribution in [0, 0.1) is 0 Å². The van der Waals surface area contributed by atoms with Crippen LogP contribution in [0.2, 0.25) is 15.1 Å². The van der Waals surface area contributed by atoms with E-state index >= 15 is 0 Å². The van der Waals surface area contributed by atoms with Crippen molar-refractivity contribution < 1.29 is 31.1 Å². The topological polar surface area (TPSA) is 43.1 Å². The molecule has 2 aromatic carbocycles. The largest absolute Gasteiger partial charge is 0.417 e. The summed E-state index contributed by atoms with van der Waals surface area (Å²) < 4.78 is 79.8. The van der Waals surface area contributed by atoms with Gasteiger partial charge in [0.15, 0.2) is 0 Å². The zero-order valence-electron chi connectivity index (χ0n) is 14.0. The summed E-state index contributed by atoms with van der Waals surface area (Å²) in [6.45, 7) is 0. The van der Waals surface area contributed by atoms with E-state index in [1.807, 2.05) is 0 Å². The fourth-order valence-corrected chi connectivity index (χ4v) is 3.10. The normalized spacial score (nSPS) is 13.7. The van der Waals surface area contributed by atoms with Gasteiger partial charge in [0.2, 0.25) is 5.91 Å². The van der Waals surface area contributed by atoms with Crippen molar-refractivity contribution in [3.8, 4) is 0 Å². The summed E-state index contributed by atoms with van der Waals surface area (Å²) in [5, 5.41) is -0.539. The van der Waals surface area contributed by atoms with E-state index in [1.54, 1.807) is 0 Å². The number of carbonyl (C=O) groups is 1. The SMILES string of the molecule is NC(=O)c1ccc(/C=C/C(c2cc(Cl)c(Cl)c(Cl)c2)C(F)(F)F)cc1C(F)(F)F. The van der Waals surface area contributed by atoms with Crippen LogP contribution >= 0.6 is 34.8 Å². The molecule has 0 saturated carbocycles. The number of rotatable bonds is 4. The minimum atomic E-state index is -4.92. The van der Waals surface area contributed by atoms with E-state index in [0.717, 1.165) is 30.3 Å². The molecule has 0 spiro atoms. The average molecular weight is 477 g/mol. The van der Waals surface area contributed by atoms with Crippen molar-refractivity contribution in [1.82, 2.24) is 0 Å². The fraction of sp³-hybridized carbons (Fsp3) is 0.167. The zero-order chi connectivity index (χ0) is 22.1. The van der Waals surface area contributed by atoms with Crippen molar-refractivity contribution >= 4 is 46.8 Å². The lowest BCUT2D eigenvalue weighted by Gasteiger charge is -2.18. The summed E-state index contributed by atoms with van der Waals surface area (Å²) in [6, 6.07) is 4.31. The molecule has 29 heavy (non-hydrogen) atoms. The van der Waals surface area contributed by atoms with E-state index < -0.39 is 35.3 Å². The molecule has 2 nitrogen and oxygen atoms in total. The maximum atomic E-state index is 13.5. The zero-order valence-corrected chi connectivity index (χ0v) is 16.3. The lowest BCUT2D eigenvalue weighted by atomic mass is 9.96. The van der Waals surface area contributed by atoms with Crippen LogP contribution in [0.15, 0.2) is 36.4 Å². The summed E-state index contributed by atoms with van der Waals surface area (Å²) in [5.41, 5.74) is 2.20. The Morgan fingerprint density at radius 3 is 1.97 bits per heavy atom. The molecule has 2 N–H and O–H groups in total. The molecule has 0 aliphatic heterocycles. The monoisotopic (exact) mass is 475 g/mol. The lowest BCUT2D eigenvalue weighted by molar-refractivity contribution is -0.139. The first-order valence-corrected chi connectivity index (χ1v) is 8.75. The number of hydrogen-bond donors (Lipinski definition) is 1.